The van der Waals surface area contributed by atoms with Gasteiger partial charge in [0.15, 0.2) is 5.82 Å². The molecule has 0 bridgehead atoms. The molecule has 0 fully saturated rings. The number of rotatable bonds is 7. The highest BCUT2D eigenvalue weighted by Crippen LogP contribution is 2.11. The van der Waals surface area contributed by atoms with E-state index in [0.717, 1.165) is 24.6 Å². The van der Waals surface area contributed by atoms with Crippen molar-refractivity contribution in [2.45, 2.75) is 26.9 Å². The van der Waals surface area contributed by atoms with Gasteiger partial charge in [0.05, 0.1) is 0 Å². The fraction of sp³-hybridized carbons (Fsp3) is 0.636. The Morgan fingerprint density at radius 3 is 2.62 bits per heavy atom. The van der Waals surface area contributed by atoms with Crippen molar-refractivity contribution in [2.75, 3.05) is 30.8 Å². The van der Waals surface area contributed by atoms with Crippen molar-refractivity contribution in [2.24, 2.45) is 0 Å². The van der Waals surface area contributed by atoms with E-state index in [1.165, 1.54) is 0 Å². The van der Waals surface area contributed by atoms with Gasteiger partial charge in [-0.05, 0) is 13.3 Å². The fourth-order valence-corrected chi connectivity index (χ4v) is 1.23. The van der Waals surface area contributed by atoms with E-state index in [1.54, 1.807) is 0 Å². The lowest BCUT2D eigenvalue weighted by atomic mass is 10.4. The summed E-state index contributed by atoms with van der Waals surface area (Å²) in [6.45, 7) is 6.11. The Bertz CT molecular complexity index is 291. The molecule has 0 spiro atoms. The topological polar surface area (TPSA) is 59.1 Å². The number of ether oxygens (including phenoxy) is 1. The van der Waals surface area contributed by atoms with Gasteiger partial charge in [-0.2, -0.15) is 0 Å². The van der Waals surface area contributed by atoms with Crippen LogP contribution >= 0.6 is 0 Å². The Morgan fingerprint density at radius 2 is 2.00 bits per heavy atom. The zero-order chi connectivity index (χ0) is 11.8. The first-order valence-corrected chi connectivity index (χ1v) is 5.67. The normalized spacial score (nSPS) is 10.2. The van der Waals surface area contributed by atoms with Gasteiger partial charge in [0.2, 0.25) is 0 Å². The van der Waals surface area contributed by atoms with Gasteiger partial charge in [0.25, 0.3) is 0 Å². The van der Waals surface area contributed by atoms with Crippen LogP contribution in [0.3, 0.4) is 0 Å². The van der Waals surface area contributed by atoms with E-state index in [1.807, 2.05) is 20.0 Å². The van der Waals surface area contributed by atoms with E-state index in [2.05, 4.69) is 27.5 Å². The number of nitrogens with one attached hydrogen (secondary N) is 2. The molecule has 0 atom stereocenters. The Kier molecular flexibility index (Phi) is 5.56. The van der Waals surface area contributed by atoms with Gasteiger partial charge in [0, 0.05) is 26.3 Å². The van der Waals surface area contributed by atoms with Crippen LogP contribution < -0.4 is 10.6 Å². The molecule has 0 amide bonds. The van der Waals surface area contributed by atoms with Gasteiger partial charge in [-0.1, -0.05) is 6.92 Å². The van der Waals surface area contributed by atoms with Crippen molar-refractivity contribution in [3.63, 3.8) is 0 Å². The molecule has 0 aliphatic carbocycles. The molecule has 90 valence electrons. The maximum atomic E-state index is 5.30. The highest BCUT2D eigenvalue weighted by atomic mass is 16.5. The second kappa shape index (κ2) is 7.00. The van der Waals surface area contributed by atoms with Crippen molar-refractivity contribution < 1.29 is 4.74 Å². The molecule has 2 N–H and O–H groups in total. The van der Waals surface area contributed by atoms with Crippen molar-refractivity contribution in [1.29, 1.82) is 0 Å². The third kappa shape index (κ3) is 4.02. The molecule has 1 rings (SSSR count). The largest absolute Gasteiger partial charge is 0.374 e. The van der Waals surface area contributed by atoms with Crippen LogP contribution in [0.4, 0.5) is 11.6 Å². The highest BCUT2D eigenvalue weighted by Gasteiger charge is 2.03. The van der Waals surface area contributed by atoms with Crippen LogP contribution in [0.2, 0.25) is 0 Å². The molecule has 1 aromatic rings. The molecular formula is C11H20N4O. The molecular weight excluding hydrogens is 204 g/mol. The van der Waals surface area contributed by atoms with Crippen molar-refractivity contribution in [3.05, 3.63) is 11.9 Å². The molecule has 16 heavy (non-hydrogen) atoms. The lowest BCUT2D eigenvalue weighted by molar-refractivity contribution is 0.128. The maximum absolute atomic E-state index is 5.30. The van der Waals surface area contributed by atoms with E-state index in [4.69, 9.17) is 4.74 Å². The van der Waals surface area contributed by atoms with Gasteiger partial charge >= 0.3 is 0 Å². The minimum absolute atomic E-state index is 0.451. The summed E-state index contributed by atoms with van der Waals surface area (Å²) < 4.78 is 5.30. The predicted octanol–water partition coefficient (Wildman–Crippen LogP) is 1.88. The smallest absolute Gasteiger partial charge is 0.158 e. The standard InChI is InChI=1S/C11H20N4O/c1-4-6-13-10-7-9(12-3)14-11(15-10)8-16-5-2/h7H,4-6,8H2,1-3H3,(H2,12,13,14,15). The monoisotopic (exact) mass is 224 g/mol. The van der Waals surface area contributed by atoms with Crippen molar-refractivity contribution >= 4 is 11.6 Å². The third-order valence-electron chi connectivity index (χ3n) is 2.02. The Morgan fingerprint density at radius 1 is 1.25 bits per heavy atom. The Labute approximate surface area is 96.6 Å². The van der Waals surface area contributed by atoms with Crippen LogP contribution in [-0.2, 0) is 11.3 Å². The molecule has 0 saturated heterocycles. The quantitative estimate of drug-likeness (QED) is 0.740. The van der Waals surface area contributed by atoms with Crippen LogP contribution in [0.25, 0.3) is 0 Å². The second-order valence-corrected chi connectivity index (χ2v) is 3.37. The SMILES string of the molecule is CCCNc1cc(NC)nc(COCC)n1. The second-order valence-electron chi connectivity index (χ2n) is 3.37. The van der Waals surface area contributed by atoms with Crippen LogP contribution in [0, 0.1) is 0 Å². The van der Waals surface area contributed by atoms with E-state index >= 15 is 0 Å². The summed E-state index contributed by atoms with van der Waals surface area (Å²) in [5.41, 5.74) is 0. The van der Waals surface area contributed by atoms with Gasteiger partial charge in [-0.3, -0.25) is 0 Å². The molecule has 5 heteroatoms. The third-order valence-corrected chi connectivity index (χ3v) is 2.02. The van der Waals surface area contributed by atoms with Gasteiger partial charge in [-0.15, -0.1) is 0 Å². The summed E-state index contributed by atoms with van der Waals surface area (Å²) in [6.07, 6.45) is 1.07. The van der Waals surface area contributed by atoms with Crippen LogP contribution in [0.1, 0.15) is 26.1 Å². The van der Waals surface area contributed by atoms with E-state index in [9.17, 15) is 0 Å². The van der Waals surface area contributed by atoms with Crippen molar-refractivity contribution in [1.82, 2.24) is 9.97 Å². The number of hydrogen-bond donors (Lipinski definition) is 2. The molecule has 0 aliphatic heterocycles. The number of aromatic nitrogens is 2. The Balaban J connectivity index is 2.74. The van der Waals surface area contributed by atoms with Crippen LogP contribution in [0.15, 0.2) is 6.07 Å². The van der Waals surface area contributed by atoms with Crippen LogP contribution in [0.5, 0.6) is 0 Å². The molecule has 1 aromatic heterocycles. The zero-order valence-corrected chi connectivity index (χ0v) is 10.2. The number of hydrogen-bond acceptors (Lipinski definition) is 5. The zero-order valence-electron chi connectivity index (χ0n) is 10.2. The molecule has 5 nitrogen and oxygen atoms in total. The maximum Gasteiger partial charge on any atom is 0.158 e. The number of nitrogens with zero attached hydrogens (tertiary/aromatic N) is 2. The first-order valence-electron chi connectivity index (χ1n) is 5.67. The molecule has 0 unspecified atom stereocenters. The molecule has 0 saturated carbocycles. The summed E-state index contributed by atoms with van der Waals surface area (Å²) in [5, 5.41) is 6.25. The summed E-state index contributed by atoms with van der Waals surface area (Å²) >= 11 is 0. The first-order chi connectivity index (χ1) is 7.80. The molecule has 0 radical (unpaired) electrons. The highest BCUT2D eigenvalue weighted by molar-refractivity contribution is 5.47. The van der Waals surface area contributed by atoms with Gasteiger partial charge in [-0.25, -0.2) is 9.97 Å². The minimum Gasteiger partial charge on any atom is -0.374 e. The first kappa shape index (κ1) is 12.7. The minimum atomic E-state index is 0.451. The van der Waals surface area contributed by atoms with Crippen molar-refractivity contribution in [3.8, 4) is 0 Å². The predicted molar refractivity (Wildman–Crippen MR) is 65.7 cm³/mol. The summed E-state index contributed by atoms with van der Waals surface area (Å²) in [4.78, 5) is 8.68. The fourth-order valence-electron chi connectivity index (χ4n) is 1.23. The average Bonchev–Trinajstić information content (AvgIpc) is 2.33. The van der Waals surface area contributed by atoms with Gasteiger partial charge in [0.1, 0.15) is 18.2 Å². The summed E-state index contributed by atoms with van der Waals surface area (Å²) in [5.74, 6) is 2.35. The number of anilines is 2. The van der Waals surface area contributed by atoms with Gasteiger partial charge < -0.3 is 15.4 Å². The van der Waals surface area contributed by atoms with E-state index in [-0.39, 0.29) is 0 Å². The average molecular weight is 224 g/mol. The lowest BCUT2D eigenvalue weighted by Gasteiger charge is -2.09. The Hall–Kier alpha value is -1.36. The lowest BCUT2D eigenvalue weighted by Crippen LogP contribution is -2.08. The van der Waals surface area contributed by atoms with E-state index < -0.39 is 0 Å². The van der Waals surface area contributed by atoms with E-state index in [0.29, 0.717) is 19.0 Å². The summed E-state index contributed by atoms with van der Waals surface area (Å²) in [6, 6.07) is 1.89. The van der Waals surface area contributed by atoms with Crippen LogP contribution in [-0.4, -0.2) is 30.2 Å². The molecule has 0 aliphatic rings. The molecule has 0 aromatic carbocycles. The summed E-state index contributed by atoms with van der Waals surface area (Å²) in [7, 11) is 1.84. The molecule has 1 heterocycles.